The van der Waals surface area contributed by atoms with Crippen molar-refractivity contribution < 1.29 is 19.4 Å². The van der Waals surface area contributed by atoms with E-state index in [0.29, 0.717) is 12.5 Å². The molecule has 0 radical (unpaired) electrons. The number of hydrogen-bond donors (Lipinski definition) is 2. The Bertz CT molecular complexity index is 272. The van der Waals surface area contributed by atoms with Crippen LogP contribution in [0.2, 0.25) is 0 Å². The summed E-state index contributed by atoms with van der Waals surface area (Å²) >= 11 is 0. The standard InChI is InChI=1S/C12H21NO4/c1-8(2)10(12(15)16)11(14)13-7-9-3-5-17-6-4-9/h8-10H,3-7H2,1-2H3,(H,13,14)(H,15,16). The van der Waals surface area contributed by atoms with Crippen molar-refractivity contribution in [2.45, 2.75) is 26.7 Å². The van der Waals surface area contributed by atoms with E-state index in [-0.39, 0.29) is 11.8 Å². The Balaban J connectivity index is 2.38. The summed E-state index contributed by atoms with van der Waals surface area (Å²) in [6.07, 6.45) is 1.86. The number of carbonyl (C=O) groups excluding carboxylic acids is 1. The first-order chi connectivity index (χ1) is 8.02. The molecule has 0 aromatic rings. The Labute approximate surface area is 102 Å². The van der Waals surface area contributed by atoms with E-state index in [2.05, 4.69) is 5.32 Å². The van der Waals surface area contributed by atoms with Crippen molar-refractivity contribution in [2.75, 3.05) is 19.8 Å². The second kappa shape index (κ2) is 6.59. The van der Waals surface area contributed by atoms with Gasteiger partial charge in [0.2, 0.25) is 5.91 Å². The molecule has 1 rings (SSSR count). The fourth-order valence-electron chi connectivity index (χ4n) is 2.01. The molecular formula is C12H21NO4. The van der Waals surface area contributed by atoms with Gasteiger partial charge in [-0.3, -0.25) is 9.59 Å². The normalized spacial score (nSPS) is 19.0. The van der Waals surface area contributed by atoms with E-state index >= 15 is 0 Å². The van der Waals surface area contributed by atoms with E-state index in [4.69, 9.17) is 9.84 Å². The first kappa shape index (κ1) is 14.0. The topological polar surface area (TPSA) is 75.6 Å². The fourth-order valence-corrected chi connectivity index (χ4v) is 2.01. The Hall–Kier alpha value is -1.10. The number of amides is 1. The summed E-state index contributed by atoms with van der Waals surface area (Å²) in [5.74, 6) is -2.16. The highest BCUT2D eigenvalue weighted by Gasteiger charge is 2.29. The van der Waals surface area contributed by atoms with E-state index in [1.807, 2.05) is 0 Å². The zero-order valence-corrected chi connectivity index (χ0v) is 10.4. The highest BCUT2D eigenvalue weighted by atomic mass is 16.5. The van der Waals surface area contributed by atoms with Crippen LogP contribution in [0.1, 0.15) is 26.7 Å². The molecule has 0 saturated carbocycles. The van der Waals surface area contributed by atoms with Gasteiger partial charge in [-0.15, -0.1) is 0 Å². The maximum atomic E-state index is 11.7. The first-order valence-electron chi connectivity index (χ1n) is 6.10. The third-order valence-electron chi connectivity index (χ3n) is 3.12. The summed E-state index contributed by atoms with van der Waals surface area (Å²) in [7, 11) is 0. The number of carboxylic acids is 1. The number of rotatable bonds is 5. The van der Waals surface area contributed by atoms with Crippen molar-refractivity contribution in [3.63, 3.8) is 0 Å². The van der Waals surface area contributed by atoms with Crippen LogP contribution in [-0.2, 0) is 14.3 Å². The van der Waals surface area contributed by atoms with Gasteiger partial charge in [-0.2, -0.15) is 0 Å². The van der Waals surface area contributed by atoms with Crippen molar-refractivity contribution >= 4 is 11.9 Å². The largest absolute Gasteiger partial charge is 0.481 e. The number of nitrogens with one attached hydrogen (secondary N) is 1. The second-order valence-electron chi connectivity index (χ2n) is 4.86. The minimum atomic E-state index is -1.05. The van der Waals surface area contributed by atoms with E-state index in [0.717, 1.165) is 26.1 Å². The van der Waals surface area contributed by atoms with Crippen LogP contribution in [0.3, 0.4) is 0 Å². The van der Waals surface area contributed by atoms with Crippen molar-refractivity contribution in [1.29, 1.82) is 0 Å². The zero-order valence-electron chi connectivity index (χ0n) is 10.4. The zero-order chi connectivity index (χ0) is 12.8. The molecule has 1 unspecified atom stereocenters. The molecule has 0 aromatic heterocycles. The quantitative estimate of drug-likeness (QED) is 0.703. The lowest BCUT2D eigenvalue weighted by molar-refractivity contribution is -0.148. The van der Waals surface area contributed by atoms with Gasteiger partial charge in [-0.05, 0) is 24.7 Å². The lowest BCUT2D eigenvalue weighted by Crippen LogP contribution is -2.41. The molecule has 5 nitrogen and oxygen atoms in total. The van der Waals surface area contributed by atoms with Crippen LogP contribution in [0.25, 0.3) is 0 Å². The van der Waals surface area contributed by atoms with E-state index < -0.39 is 11.9 Å². The number of ether oxygens (including phenoxy) is 1. The molecule has 1 heterocycles. The van der Waals surface area contributed by atoms with Crippen LogP contribution in [0.4, 0.5) is 0 Å². The van der Waals surface area contributed by atoms with Crippen LogP contribution in [0.5, 0.6) is 0 Å². The van der Waals surface area contributed by atoms with E-state index in [1.165, 1.54) is 0 Å². The molecule has 0 bridgehead atoms. The van der Waals surface area contributed by atoms with Crippen LogP contribution in [0.15, 0.2) is 0 Å². The SMILES string of the molecule is CC(C)C(C(=O)O)C(=O)NCC1CCOCC1. The van der Waals surface area contributed by atoms with Gasteiger partial charge >= 0.3 is 5.97 Å². The molecule has 0 aliphatic carbocycles. The highest BCUT2D eigenvalue weighted by Crippen LogP contribution is 2.15. The highest BCUT2D eigenvalue weighted by molar-refractivity contribution is 5.97. The molecule has 0 spiro atoms. The van der Waals surface area contributed by atoms with Gasteiger partial charge in [0.1, 0.15) is 5.92 Å². The van der Waals surface area contributed by atoms with E-state index in [1.54, 1.807) is 13.8 Å². The predicted molar refractivity (Wildman–Crippen MR) is 62.5 cm³/mol. The summed E-state index contributed by atoms with van der Waals surface area (Å²) < 4.78 is 5.22. The minimum absolute atomic E-state index is 0.192. The number of carboxylic acid groups (broad SMARTS) is 1. The van der Waals surface area contributed by atoms with Gasteiger partial charge in [-0.1, -0.05) is 13.8 Å². The third kappa shape index (κ3) is 4.34. The van der Waals surface area contributed by atoms with Gasteiger partial charge in [0.15, 0.2) is 0 Å². The van der Waals surface area contributed by atoms with Gasteiger partial charge in [0.25, 0.3) is 0 Å². The van der Waals surface area contributed by atoms with Crippen molar-refractivity contribution in [2.24, 2.45) is 17.8 Å². The number of aliphatic carboxylic acids is 1. The summed E-state index contributed by atoms with van der Waals surface area (Å²) in [5.41, 5.74) is 0. The van der Waals surface area contributed by atoms with Crippen molar-refractivity contribution in [3.8, 4) is 0 Å². The molecule has 1 aliphatic rings. The van der Waals surface area contributed by atoms with Crippen LogP contribution < -0.4 is 5.32 Å². The molecule has 2 N–H and O–H groups in total. The van der Waals surface area contributed by atoms with Gasteiger partial charge < -0.3 is 15.2 Å². The molecular weight excluding hydrogens is 222 g/mol. The monoisotopic (exact) mass is 243 g/mol. The molecule has 1 amide bonds. The fraction of sp³-hybridized carbons (Fsp3) is 0.833. The average molecular weight is 243 g/mol. The maximum absolute atomic E-state index is 11.7. The van der Waals surface area contributed by atoms with Crippen molar-refractivity contribution in [3.05, 3.63) is 0 Å². The van der Waals surface area contributed by atoms with Gasteiger partial charge in [-0.25, -0.2) is 0 Å². The lowest BCUT2D eigenvalue weighted by atomic mass is 9.94. The van der Waals surface area contributed by atoms with Crippen LogP contribution in [-0.4, -0.2) is 36.7 Å². The smallest absolute Gasteiger partial charge is 0.316 e. The molecule has 1 atom stereocenters. The molecule has 1 saturated heterocycles. The molecule has 1 aliphatic heterocycles. The lowest BCUT2D eigenvalue weighted by Gasteiger charge is -2.23. The summed E-state index contributed by atoms with van der Waals surface area (Å²) in [6, 6.07) is 0. The molecule has 5 heteroatoms. The summed E-state index contributed by atoms with van der Waals surface area (Å²) in [6.45, 7) is 5.50. The van der Waals surface area contributed by atoms with Gasteiger partial charge in [0.05, 0.1) is 0 Å². The van der Waals surface area contributed by atoms with Gasteiger partial charge in [0, 0.05) is 19.8 Å². The Kier molecular flexibility index (Phi) is 5.41. The Morgan fingerprint density at radius 1 is 1.35 bits per heavy atom. The Morgan fingerprint density at radius 3 is 2.41 bits per heavy atom. The minimum Gasteiger partial charge on any atom is -0.481 e. The maximum Gasteiger partial charge on any atom is 0.316 e. The third-order valence-corrected chi connectivity index (χ3v) is 3.12. The average Bonchev–Trinajstić information content (AvgIpc) is 2.27. The molecule has 98 valence electrons. The van der Waals surface area contributed by atoms with Crippen molar-refractivity contribution in [1.82, 2.24) is 5.32 Å². The summed E-state index contributed by atoms with van der Waals surface area (Å²) in [4.78, 5) is 22.7. The molecule has 17 heavy (non-hydrogen) atoms. The Morgan fingerprint density at radius 2 is 1.94 bits per heavy atom. The first-order valence-corrected chi connectivity index (χ1v) is 6.10. The molecule has 0 aromatic carbocycles. The number of carbonyl (C=O) groups is 2. The second-order valence-corrected chi connectivity index (χ2v) is 4.86. The molecule has 1 fully saturated rings. The summed E-state index contributed by atoms with van der Waals surface area (Å²) in [5, 5.41) is 11.7. The van der Waals surface area contributed by atoms with E-state index in [9.17, 15) is 9.59 Å². The van der Waals surface area contributed by atoms with Crippen LogP contribution >= 0.6 is 0 Å². The number of hydrogen-bond acceptors (Lipinski definition) is 3. The predicted octanol–water partition coefficient (Wildman–Crippen LogP) is 0.886. The van der Waals surface area contributed by atoms with Crippen LogP contribution in [0, 0.1) is 17.8 Å².